The van der Waals surface area contributed by atoms with Gasteiger partial charge in [0.15, 0.2) is 0 Å². The molecule has 1 rings (SSSR count). The second-order valence-electron chi connectivity index (χ2n) is 5.09. The number of hydrogen-bond acceptors (Lipinski definition) is 0. The van der Waals surface area contributed by atoms with E-state index in [0.717, 1.165) is 11.1 Å². The quantitative estimate of drug-likeness (QED) is 0.352. The molecule has 0 atom stereocenters. The van der Waals surface area contributed by atoms with Crippen LogP contribution in [-0.4, -0.2) is 0 Å². The second-order valence-corrected chi connectivity index (χ2v) is 9.65. The van der Waals surface area contributed by atoms with E-state index >= 15 is 0 Å². The van der Waals surface area contributed by atoms with E-state index in [2.05, 4.69) is 70.4 Å². The third-order valence-electron chi connectivity index (χ3n) is 2.95. The van der Waals surface area contributed by atoms with Gasteiger partial charge in [0, 0.05) is 0 Å². The zero-order valence-corrected chi connectivity index (χ0v) is 14.8. The van der Waals surface area contributed by atoms with Gasteiger partial charge in [-0.2, -0.15) is 0 Å². The topological polar surface area (TPSA) is 0 Å². The molecule has 0 aliphatic heterocycles. The van der Waals surface area contributed by atoms with Crippen LogP contribution in [0.15, 0.2) is 70.5 Å². The summed E-state index contributed by atoms with van der Waals surface area (Å²) in [6.45, 7) is 14.3. The van der Waals surface area contributed by atoms with Gasteiger partial charge < -0.3 is 0 Å². The summed E-state index contributed by atoms with van der Waals surface area (Å²) in [4.78, 5) is 0. The Balaban J connectivity index is 2.79. The summed E-state index contributed by atoms with van der Waals surface area (Å²) in [6, 6.07) is 0. The normalized spacial score (nSPS) is 15.7. The van der Waals surface area contributed by atoms with E-state index < -0.39 is 16.0 Å². The minimum atomic E-state index is -0.967. The molecule has 0 aromatic rings. The molecule has 0 nitrogen and oxygen atoms in total. The summed E-state index contributed by atoms with van der Waals surface area (Å²) in [6.07, 6.45) is 16.0. The van der Waals surface area contributed by atoms with Crippen molar-refractivity contribution in [3.63, 3.8) is 0 Å². The van der Waals surface area contributed by atoms with Crippen molar-refractivity contribution in [1.29, 1.82) is 0 Å². The van der Waals surface area contributed by atoms with Crippen LogP contribution in [0, 0.1) is 0 Å². The van der Waals surface area contributed by atoms with Crippen molar-refractivity contribution in [1.82, 2.24) is 0 Å². The standard InChI is InChI=1S/C7H9.2C6H9.Ru/c1-2-7-5-3-4-6-7;2*1-4-5-6(2)3;/h3,5H,2,4H2,1H3;2*4-5H,1-2H2,3H3;. The van der Waals surface area contributed by atoms with Crippen LogP contribution >= 0.6 is 0 Å². The molecule has 1 aliphatic carbocycles. The fraction of sp³-hybridized carbons (Fsp3) is 0.368. The van der Waals surface area contributed by atoms with Gasteiger partial charge in [0.25, 0.3) is 0 Å². The summed E-state index contributed by atoms with van der Waals surface area (Å²) in [7, 11) is 0. The first kappa shape index (κ1) is 17.1. The fourth-order valence-corrected chi connectivity index (χ4v) is 6.50. The zero-order valence-electron chi connectivity index (χ0n) is 13.1. The summed E-state index contributed by atoms with van der Waals surface area (Å²) in [5, 5.41) is 2.47. The van der Waals surface area contributed by atoms with Crippen LogP contribution in [0.2, 0.25) is 10.0 Å². The van der Waals surface area contributed by atoms with Gasteiger partial charge >= 0.3 is 130 Å². The van der Waals surface area contributed by atoms with Crippen LogP contribution in [0.5, 0.6) is 0 Å². The Labute approximate surface area is 130 Å². The third-order valence-corrected chi connectivity index (χ3v) is 7.88. The molecule has 20 heavy (non-hydrogen) atoms. The molecule has 0 bridgehead atoms. The number of hydrogen-bond donors (Lipinski definition) is 0. The molecule has 0 unspecified atom stereocenters. The van der Waals surface area contributed by atoms with Gasteiger partial charge in [-0.15, -0.1) is 0 Å². The Hall–Kier alpha value is -0.937. The van der Waals surface area contributed by atoms with Gasteiger partial charge in [0.05, 0.1) is 0 Å². The van der Waals surface area contributed by atoms with E-state index in [1.807, 2.05) is 0 Å². The first-order valence-electron chi connectivity index (χ1n) is 7.14. The summed E-state index contributed by atoms with van der Waals surface area (Å²) >= 11 is -0.967. The first-order valence-corrected chi connectivity index (χ1v) is 10.5. The Morgan fingerprint density at radius 3 is 2.15 bits per heavy atom. The molecule has 1 aliphatic rings. The van der Waals surface area contributed by atoms with Crippen LogP contribution < -0.4 is 0 Å². The Kier molecular flexibility index (Phi) is 7.77. The van der Waals surface area contributed by atoms with Crippen molar-refractivity contribution in [2.24, 2.45) is 0 Å². The number of rotatable bonds is 8. The average Bonchev–Trinajstić information content (AvgIpc) is 2.84. The van der Waals surface area contributed by atoms with Crippen LogP contribution in [0.1, 0.15) is 33.6 Å². The molecule has 1 heteroatoms. The molecular formula is C19H27Ru. The van der Waals surface area contributed by atoms with E-state index in [9.17, 15) is 0 Å². The third kappa shape index (κ3) is 6.01. The SMILES string of the molecule is C=C(C)C=C[CH2][Ru]([CH2]C=CC(=C)C)[C]1=C(CC)C=CC1. The van der Waals surface area contributed by atoms with Crippen molar-refractivity contribution in [3.05, 3.63) is 70.5 Å². The average molecular weight is 356 g/mol. The van der Waals surface area contributed by atoms with Crippen LogP contribution in [0.4, 0.5) is 0 Å². The Morgan fingerprint density at radius 2 is 1.70 bits per heavy atom. The predicted molar refractivity (Wildman–Crippen MR) is 88.6 cm³/mol. The predicted octanol–water partition coefficient (Wildman–Crippen LogP) is 6.33. The molecule has 0 saturated heterocycles. The minimum absolute atomic E-state index is 0.967. The van der Waals surface area contributed by atoms with Crippen molar-refractivity contribution in [2.75, 3.05) is 0 Å². The van der Waals surface area contributed by atoms with Crippen LogP contribution in [0.3, 0.4) is 0 Å². The summed E-state index contributed by atoms with van der Waals surface area (Å²) in [5.74, 6) is 0. The van der Waals surface area contributed by atoms with E-state index in [1.165, 1.54) is 22.9 Å². The van der Waals surface area contributed by atoms with Crippen LogP contribution in [-0.2, 0) is 16.0 Å². The second kappa shape index (κ2) is 9.08. The molecular weight excluding hydrogens is 329 g/mol. The van der Waals surface area contributed by atoms with Crippen molar-refractivity contribution in [2.45, 2.75) is 43.6 Å². The molecule has 0 N–H and O–H groups in total. The molecule has 0 spiro atoms. The molecule has 0 aromatic heterocycles. The molecule has 0 fully saturated rings. The molecule has 0 heterocycles. The van der Waals surface area contributed by atoms with E-state index in [0.29, 0.717) is 0 Å². The Bertz CT molecular complexity index is 446. The van der Waals surface area contributed by atoms with Gasteiger partial charge in [0.2, 0.25) is 0 Å². The number of allylic oxidation sites excluding steroid dienone is 10. The van der Waals surface area contributed by atoms with Crippen molar-refractivity contribution < 1.29 is 16.0 Å². The van der Waals surface area contributed by atoms with Crippen molar-refractivity contribution in [3.8, 4) is 0 Å². The van der Waals surface area contributed by atoms with E-state index in [-0.39, 0.29) is 0 Å². The zero-order chi connectivity index (χ0) is 15.0. The molecule has 0 aromatic carbocycles. The first-order chi connectivity index (χ1) is 9.54. The van der Waals surface area contributed by atoms with Gasteiger partial charge in [-0.25, -0.2) is 0 Å². The summed E-state index contributed by atoms with van der Waals surface area (Å²) in [5.41, 5.74) is 3.88. The van der Waals surface area contributed by atoms with E-state index in [1.54, 1.807) is 9.74 Å². The van der Waals surface area contributed by atoms with Gasteiger partial charge in [-0.1, -0.05) is 0 Å². The maximum atomic E-state index is 3.95. The van der Waals surface area contributed by atoms with E-state index in [4.69, 9.17) is 0 Å². The van der Waals surface area contributed by atoms with Crippen molar-refractivity contribution >= 4 is 0 Å². The fourth-order valence-electron chi connectivity index (χ4n) is 2.01. The molecule has 0 radical (unpaired) electrons. The van der Waals surface area contributed by atoms with Crippen LogP contribution in [0.25, 0.3) is 0 Å². The van der Waals surface area contributed by atoms with Gasteiger partial charge in [-0.05, 0) is 0 Å². The Morgan fingerprint density at radius 1 is 1.15 bits per heavy atom. The monoisotopic (exact) mass is 357 g/mol. The summed E-state index contributed by atoms with van der Waals surface area (Å²) < 4.78 is 1.76. The molecule has 0 saturated carbocycles. The van der Waals surface area contributed by atoms with Gasteiger partial charge in [-0.3, -0.25) is 0 Å². The van der Waals surface area contributed by atoms with Gasteiger partial charge in [0.1, 0.15) is 0 Å². The maximum absolute atomic E-state index is 3.95. The molecule has 111 valence electrons. The molecule has 0 amide bonds.